The SMILES string of the molecule is CN(C)[C@@H]1CCN(c2ccc(Nc3nc(N[C@@H]4C5C=CC(C5)[C@@H]4C(N)=O)c4sccc4n3)cc2)C1. The lowest BCUT2D eigenvalue weighted by molar-refractivity contribution is -0.122. The lowest BCUT2D eigenvalue weighted by Gasteiger charge is -2.27. The summed E-state index contributed by atoms with van der Waals surface area (Å²) < 4.78 is 0.991. The zero-order chi connectivity index (χ0) is 24.1. The summed E-state index contributed by atoms with van der Waals surface area (Å²) in [4.78, 5) is 26.5. The summed E-state index contributed by atoms with van der Waals surface area (Å²) in [5.41, 5.74) is 8.83. The largest absolute Gasteiger partial charge is 0.370 e. The molecule has 2 fully saturated rings. The highest BCUT2D eigenvalue weighted by molar-refractivity contribution is 7.17. The molecule has 9 heteroatoms. The number of aromatic nitrogens is 2. The Morgan fingerprint density at radius 3 is 2.69 bits per heavy atom. The van der Waals surface area contributed by atoms with E-state index < -0.39 is 0 Å². The normalized spacial score (nSPS) is 27.3. The topological polar surface area (TPSA) is 99.4 Å². The monoisotopic (exact) mass is 489 g/mol. The molecule has 1 saturated heterocycles. The minimum Gasteiger partial charge on any atom is -0.370 e. The van der Waals surface area contributed by atoms with Crippen molar-refractivity contribution in [3.05, 3.63) is 47.9 Å². The Morgan fingerprint density at radius 1 is 1.14 bits per heavy atom. The van der Waals surface area contributed by atoms with E-state index >= 15 is 0 Å². The number of fused-ring (bicyclic) bond motifs is 3. The fourth-order valence-corrected chi connectivity index (χ4v) is 6.65. The van der Waals surface area contributed by atoms with Crippen LogP contribution in [0, 0.1) is 17.8 Å². The van der Waals surface area contributed by atoms with Gasteiger partial charge in [0.15, 0.2) is 0 Å². The summed E-state index contributed by atoms with van der Waals surface area (Å²) in [6.45, 7) is 2.13. The summed E-state index contributed by atoms with van der Waals surface area (Å²) in [5, 5.41) is 8.97. The van der Waals surface area contributed by atoms with E-state index in [9.17, 15) is 4.79 Å². The number of allylic oxidation sites excluding steroid dienone is 1. The first-order chi connectivity index (χ1) is 17.0. The standard InChI is InChI=1S/C26H31N7OS/c1-32(2)19-9-11-33(14-19)18-7-5-17(6-8-18)28-26-29-20-10-12-35-23(20)25(31-26)30-22-16-4-3-15(13-16)21(22)24(27)34/h3-8,10,12,15-16,19,21-22H,9,11,13-14H2,1-2H3,(H2,27,34)(H2,28,29,30,31)/t15?,16?,19-,21+,22-/m1/s1. The fraction of sp³-hybridized carbons (Fsp3) is 0.423. The van der Waals surface area contributed by atoms with E-state index in [1.807, 2.05) is 11.4 Å². The van der Waals surface area contributed by atoms with E-state index in [-0.39, 0.29) is 23.8 Å². The number of amides is 1. The Hall–Kier alpha value is -3.17. The van der Waals surface area contributed by atoms with E-state index in [2.05, 4.69) is 70.9 Å². The van der Waals surface area contributed by atoms with E-state index in [0.29, 0.717) is 17.9 Å². The van der Waals surface area contributed by atoms with Crippen molar-refractivity contribution >= 4 is 50.6 Å². The maximum absolute atomic E-state index is 12.2. The maximum atomic E-state index is 12.2. The van der Waals surface area contributed by atoms with Gasteiger partial charge in [0.05, 0.1) is 16.1 Å². The van der Waals surface area contributed by atoms with Crippen LogP contribution in [0.5, 0.6) is 0 Å². The zero-order valence-electron chi connectivity index (χ0n) is 20.0. The van der Waals surface area contributed by atoms with Crippen molar-refractivity contribution in [1.29, 1.82) is 0 Å². The number of thiophene rings is 1. The number of nitrogens with two attached hydrogens (primary N) is 1. The zero-order valence-corrected chi connectivity index (χ0v) is 20.8. The average Bonchev–Trinajstić information content (AvgIpc) is 3.63. The number of carbonyl (C=O) groups excluding carboxylic acids is 1. The summed E-state index contributed by atoms with van der Waals surface area (Å²) >= 11 is 1.60. The van der Waals surface area contributed by atoms with Crippen LogP contribution in [0.1, 0.15) is 12.8 Å². The van der Waals surface area contributed by atoms with Crippen LogP contribution in [0.25, 0.3) is 10.2 Å². The van der Waals surface area contributed by atoms with Crippen LogP contribution >= 0.6 is 11.3 Å². The van der Waals surface area contributed by atoms with Gasteiger partial charge in [0.2, 0.25) is 11.9 Å². The molecule has 2 aliphatic carbocycles. The van der Waals surface area contributed by atoms with Gasteiger partial charge in [-0.1, -0.05) is 12.2 Å². The van der Waals surface area contributed by atoms with Gasteiger partial charge in [0.25, 0.3) is 0 Å². The van der Waals surface area contributed by atoms with Crippen LogP contribution in [0.15, 0.2) is 47.9 Å². The first kappa shape index (κ1) is 22.3. The van der Waals surface area contributed by atoms with Crippen molar-refractivity contribution in [2.75, 3.05) is 42.7 Å². The number of primary amides is 1. The first-order valence-corrected chi connectivity index (χ1v) is 13.1. The number of likely N-dealkylation sites (N-methyl/N-ethyl adjacent to an activating group) is 1. The third kappa shape index (κ3) is 4.12. The molecule has 3 aromatic rings. The Kier molecular flexibility index (Phi) is 5.61. The molecule has 4 N–H and O–H groups in total. The Labute approximate surface area is 209 Å². The van der Waals surface area contributed by atoms with Gasteiger partial charge in [-0.05, 0) is 74.5 Å². The van der Waals surface area contributed by atoms with Crippen LogP contribution in [0.3, 0.4) is 0 Å². The van der Waals surface area contributed by atoms with Crippen LogP contribution in [0.2, 0.25) is 0 Å². The van der Waals surface area contributed by atoms with Gasteiger partial charge in [0.1, 0.15) is 5.82 Å². The molecule has 0 radical (unpaired) electrons. The third-order valence-corrected chi connectivity index (χ3v) is 8.69. The van der Waals surface area contributed by atoms with Crippen LogP contribution in [0.4, 0.5) is 23.1 Å². The number of hydrogen-bond acceptors (Lipinski definition) is 8. The number of anilines is 4. The Bertz CT molecular complexity index is 1270. The molecule has 2 aromatic heterocycles. The fourth-order valence-electron chi connectivity index (χ4n) is 5.86. The first-order valence-electron chi connectivity index (χ1n) is 12.2. The highest BCUT2D eigenvalue weighted by Crippen LogP contribution is 2.45. The van der Waals surface area contributed by atoms with Gasteiger partial charge in [-0.15, -0.1) is 11.3 Å². The summed E-state index contributed by atoms with van der Waals surface area (Å²) in [7, 11) is 4.30. The molecule has 1 saturated carbocycles. The molecule has 3 aliphatic rings. The molecule has 182 valence electrons. The Balaban J connectivity index is 1.22. The van der Waals surface area contributed by atoms with Gasteiger partial charge < -0.3 is 26.2 Å². The molecule has 2 unspecified atom stereocenters. The molecule has 0 spiro atoms. The number of rotatable bonds is 7. The van der Waals surface area contributed by atoms with E-state index in [0.717, 1.165) is 41.2 Å². The molecule has 6 rings (SSSR count). The molecule has 35 heavy (non-hydrogen) atoms. The number of benzene rings is 1. The van der Waals surface area contributed by atoms with Gasteiger partial charge in [-0.2, -0.15) is 4.98 Å². The van der Waals surface area contributed by atoms with Gasteiger partial charge in [-0.25, -0.2) is 4.98 Å². The average molecular weight is 490 g/mol. The summed E-state index contributed by atoms with van der Waals surface area (Å²) in [5.74, 6) is 1.35. The molecule has 8 nitrogen and oxygen atoms in total. The van der Waals surface area contributed by atoms with Crippen molar-refractivity contribution in [3.63, 3.8) is 0 Å². The van der Waals surface area contributed by atoms with Crippen LogP contribution in [-0.4, -0.2) is 60.0 Å². The van der Waals surface area contributed by atoms with Crippen molar-refractivity contribution in [3.8, 4) is 0 Å². The van der Waals surface area contributed by atoms with Crippen LogP contribution < -0.4 is 21.3 Å². The molecular formula is C26H31N7OS. The minimum atomic E-state index is -0.246. The predicted octanol–water partition coefficient (Wildman–Crippen LogP) is 3.66. The molecule has 1 amide bonds. The quantitative estimate of drug-likeness (QED) is 0.436. The molecule has 2 bridgehead atoms. The molecule has 3 heterocycles. The highest BCUT2D eigenvalue weighted by atomic mass is 32.1. The second-order valence-electron chi connectivity index (χ2n) is 10.1. The molecule has 1 aliphatic heterocycles. The summed E-state index contributed by atoms with van der Waals surface area (Å²) in [6.07, 6.45) is 6.49. The maximum Gasteiger partial charge on any atom is 0.229 e. The lowest BCUT2D eigenvalue weighted by atomic mass is 9.88. The van der Waals surface area contributed by atoms with Crippen LogP contribution in [-0.2, 0) is 4.79 Å². The van der Waals surface area contributed by atoms with Crippen molar-refractivity contribution in [2.24, 2.45) is 23.5 Å². The van der Waals surface area contributed by atoms with Gasteiger partial charge in [-0.3, -0.25) is 4.79 Å². The lowest BCUT2D eigenvalue weighted by Crippen LogP contribution is -2.41. The molecule has 5 atom stereocenters. The smallest absolute Gasteiger partial charge is 0.229 e. The number of nitrogens with zero attached hydrogens (tertiary/aromatic N) is 4. The second-order valence-corrected chi connectivity index (χ2v) is 11.0. The Morgan fingerprint density at radius 2 is 1.94 bits per heavy atom. The molecule has 1 aromatic carbocycles. The molecular weight excluding hydrogens is 458 g/mol. The van der Waals surface area contributed by atoms with E-state index in [1.165, 1.54) is 12.1 Å². The predicted molar refractivity (Wildman–Crippen MR) is 142 cm³/mol. The summed E-state index contributed by atoms with van der Waals surface area (Å²) in [6, 6.07) is 11.0. The number of carbonyl (C=O) groups is 1. The minimum absolute atomic E-state index is 0.0405. The second kappa shape index (κ2) is 8.80. The van der Waals surface area contributed by atoms with Gasteiger partial charge >= 0.3 is 0 Å². The van der Waals surface area contributed by atoms with Crippen molar-refractivity contribution in [2.45, 2.75) is 24.9 Å². The third-order valence-electron chi connectivity index (χ3n) is 7.78. The van der Waals surface area contributed by atoms with Crippen molar-refractivity contribution in [1.82, 2.24) is 14.9 Å². The van der Waals surface area contributed by atoms with Gasteiger partial charge in [0, 0.05) is 36.5 Å². The number of nitrogens with one attached hydrogen (secondary N) is 2. The number of hydrogen-bond donors (Lipinski definition) is 3. The highest BCUT2D eigenvalue weighted by Gasteiger charge is 2.47. The van der Waals surface area contributed by atoms with Crippen molar-refractivity contribution < 1.29 is 4.79 Å². The van der Waals surface area contributed by atoms with E-state index in [4.69, 9.17) is 15.7 Å². The van der Waals surface area contributed by atoms with E-state index in [1.54, 1.807) is 11.3 Å².